The van der Waals surface area contributed by atoms with Gasteiger partial charge in [0.2, 0.25) is 0 Å². The van der Waals surface area contributed by atoms with E-state index in [1.165, 1.54) is 24.4 Å². The Morgan fingerprint density at radius 2 is 1.84 bits per heavy atom. The van der Waals surface area contributed by atoms with Gasteiger partial charge < -0.3 is 16.4 Å². The standard InChI is InChI=1S/C23H18F4N4O/c1-3-7-30-23(32)15-11-14(10-13-6-8-29-22(28)19(13)26)18(25)20(27)21(15)31-17-5-4-12(2)9-16(17)24/h1,4-6,8-9,11,31H,7,10H2,2H3,(H2,28,29)(H,30,32). The highest BCUT2D eigenvalue weighted by molar-refractivity contribution is 6.01. The molecule has 0 saturated carbocycles. The molecule has 0 bridgehead atoms. The van der Waals surface area contributed by atoms with Crippen LogP contribution in [-0.2, 0) is 6.42 Å². The number of benzene rings is 2. The molecule has 1 aromatic heterocycles. The van der Waals surface area contributed by atoms with E-state index in [-0.39, 0.29) is 28.9 Å². The van der Waals surface area contributed by atoms with Gasteiger partial charge in [0.05, 0.1) is 23.5 Å². The molecule has 164 valence electrons. The largest absolute Gasteiger partial charge is 0.381 e. The van der Waals surface area contributed by atoms with Crippen LogP contribution in [-0.4, -0.2) is 17.4 Å². The van der Waals surface area contributed by atoms with Gasteiger partial charge in [0.1, 0.15) is 5.82 Å². The number of nitrogens with zero attached hydrogens (tertiary/aromatic N) is 1. The first-order valence-corrected chi connectivity index (χ1v) is 9.37. The maximum atomic E-state index is 15.1. The van der Waals surface area contributed by atoms with Crippen molar-refractivity contribution < 1.29 is 22.4 Å². The molecular weight excluding hydrogens is 424 g/mol. The molecule has 1 heterocycles. The van der Waals surface area contributed by atoms with Gasteiger partial charge in [-0.15, -0.1) is 6.42 Å². The van der Waals surface area contributed by atoms with Crippen molar-refractivity contribution in [3.8, 4) is 12.3 Å². The predicted molar refractivity (Wildman–Crippen MR) is 113 cm³/mol. The first-order chi connectivity index (χ1) is 15.2. The van der Waals surface area contributed by atoms with Crippen LogP contribution in [0.5, 0.6) is 0 Å². The number of aromatic nitrogens is 1. The zero-order chi connectivity index (χ0) is 23.4. The minimum atomic E-state index is -1.43. The van der Waals surface area contributed by atoms with Crippen LogP contribution < -0.4 is 16.4 Å². The lowest BCUT2D eigenvalue weighted by molar-refractivity contribution is 0.0959. The molecular formula is C23H18F4N4O. The van der Waals surface area contributed by atoms with Crippen molar-refractivity contribution in [1.29, 1.82) is 0 Å². The fraction of sp³-hybridized carbons (Fsp3) is 0.130. The van der Waals surface area contributed by atoms with Gasteiger partial charge in [0.15, 0.2) is 23.3 Å². The maximum absolute atomic E-state index is 15.1. The summed E-state index contributed by atoms with van der Waals surface area (Å²) in [6, 6.07) is 6.39. The highest BCUT2D eigenvalue weighted by atomic mass is 19.2. The highest BCUT2D eigenvalue weighted by Gasteiger charge is 2.24. The number of hydrogen-bond donors (Lipinski definition) is 3. The van der Waals surface area contributed by atoms with E-state index in [9.17, 15) is 18.0 Å². The Morgan fingerprint density at radius 3 is 2.53 bits per heavy atom. The van der Waals surface area contributed by atoms with Crippen molar-refractivity contribution in [2.24, 2.45) is 0 Å². The average Bonchev–Trinajstić information content (AvgIpc) is 2.76. The Morgan fingerprint density at radius 1 is 1.09 bits per heavy atom. The molecule has 0 spiro atoms. The second-order valence-electron chi connectivity index (χ2n) is 6.93. The summed E-state index contributed by atoms with van der Waals surface area (Å²) in [4.78, 5) is 16.2. The Bertz CT molecular complexity index is 1240. The summed E-state index contributed by atoms with van der Waals surface area (Å²) in [6.45, 7) is 1.48. The third-order valence-electron chi connectivity index (χ3n) is 4.64. The summed E-state index contributed by atoms with van der Waals surface area (Å²) >= 11 is 0. The fourth-order valence-corrected chi connectivity index (χ4v) is 3.03. The summed E-state index contributed by atoms with van der Waals surface area (Å²) in [5.74, 6) is -3.40. The van der Waals surface area contributed by atoms with Gasteiger partial charge in [0.25, 0.3) is 5.91 Å². The number of terminal acetylenes is 1. The van der Waals surface area contributed by atoms with E-state index in [1.54, 1.807) is 13.0 Å². The van der Waals surface area contributed by atoms with Crippen molar-refractivity contribution in [2.45, 2.75) is 13.3 Å². The van der Waals surface area contributed by atoms with E-state index < -0.39 is 47.1 Å². The van der Waals surface area contributed by atoms with Crippen molar-refractivity contribution in [1.82, 2.24) is 10.3 Å². The first kappa shape index (κ1) is 22.6. The normalized spacial score (nSPS) is 10.5. The summed E-state index contributed by atoms with van der Waals surface area (Å²) < 4.78 is 58.5. The van der Waals surface area contributed by atoms with Gasteiger partial charge in [-0.3, -0.25) is 4.79 Å². The summed E-state index contributed by atoms with van der Waals surface area (Å²) in [5.41, 5.74) is 4.59. The van der Waals surface area contributed by atoms with Crippen molar-refractivity contribution in [3.63, 3.8) is 0 Å². The van der Waals surface area contributed by atoms with Crippen LogP contribution in [0.2, 0.25) is 0 Å². The molecule has 5 nitrogen and oxygen atoms in total. The lowest BCUT2D eigenvalue weighted by atomic mass is 9.99. The van der Waals surface area contributed by atoms with E-state index in [4.69, 9.17) is 12.2 Å². The number of halogens is 4. The molecule has 0 aliphatic rings. The number of pyridine rings is 1. The van der Waals surface area contributed by atoms with Crippen LogP contribution in [0.4, 0.5) is 34.8 Å². The van der Waals surface area contributed by atoms with Gasteiger partial charge in [-0.2, -0.15) is 0 Å². The van der Waals surface area contributed by atoms with Gasteiger partial charge in [0, 0.05) is 12.6 Å². The van der Waals surface area contributed by atoms with Gasteiger partial charge in [-0.1, -0.05) is 12.0 Å². The third-order valence-corrected chi connectivity index (χ3v) is 4.64. The smallest absolute Gasteiger partial charge is 0.254 e. The number of hydrogen-bond acceptors (Lipinski definition) is 4. The van der Waals surface area contributed by atoms with E-state index in [2.05, 4.69) is 21.5 Å². The van der Waals surface area contributed by atoms with Gasteiger partial charge >= 0.3 is 0 Å². The minimum absolute atomic E-state index is 0.0453. The van der Waals surface area contributed by atoms with E-state index in [1.807, 2.05) is 0 Å². The molecule has 2 aromatic carbocycles. The van der Waals surface area contributed by atoms with Crippen LogP contribution >= 0.6 is 0 Å². The molecule has 0 atom stereocenters. The molecule has 0 unspecified atom stereocenters. The van der Waals surface area contributed by atoms with E-state index in [0.717, 1.165) is 6.07 Å². The molecule has 4 N–H and O–H groups in total. The zero-order valence-electron chi connectivity index (χ0n) is 16.9. The number of anilines is 3. The predicted octanol–water partition coefficient (Wildman–Crippen LogP) is 4.23. The molecule has 3 rings (SSSR count). The van der Waals surface area contributed by atoms with Crippen LogP contribution in [0, 0.1) is 42.5 Å². The lowest BCUT2D eigenvalue weighted by Gasteiger charge is -2.17. The number of amides is 1. The van der Waals surface area contributed by atoms with Crippen LogP contribution in [0.1, 0.15) is 27.0 Å². The second kappa shape index (κ2) is 9.39. The number of aryl methyl sites for hydroxylation is 1. The molecule has 32 heavy (non-hydrogen) atoms. The third kappa shape index (κ3) is 4.64. The van der Waals surface area contributed by atoms with Crippen LogP contribution in [0.25, 0.3) is 0 Å². The molecule has 0 radical (unpaired) electrons. The number of nitrogens with two attached hydrogens (primary N) is 1. The van der Waals surface area contributed by atoms with E-state index in [0.29, 0.717) is 5.56 Å². The van der Waals surface area contributed by atoms with Gasteiger partial charge in [-0.05, 0) is 47.9 Å². The molecule has 0 fully saturated rings. The van der Waals surface area contributed by atoms with Crippen molar-refractivity contribution >= 4 is 23.1 Å². The SMILES string of the molecule is C#CCNC(=O)c1cc(Cc2ccnc(N)c2F)c(F)c(F)c1Nc1ccc(C)cc1F. The molecule has 9 heteroatoms. The monoisotopic (exact) mass is 442 g/mol. The average molecular weight is 442 g/mol. The summed E-state index contributed by atoms with van der Waals surface area (Å²) in [5, 5.41) is 4.79. The number of nitrogens with one attached hydrogen (secondary N) is 2. The fourth-order valence-electron chi connectivity index (χ4n) is 3.03. The maximum Gasteiger partial charge on any atom is 0.254 e. The molecule has 3 aromatic rings. The lowest BCUT2D eigenvalue weighted by Crippen LogP contribution is -2.25. The van der Waals surface area contributed by atoms with Gasteiger partial charge in [-0.25, -0.2) is 22.5 Å². The van der Waals surface area contributed by atoms with Crippen molar-refractivity contribution in [3.05, 3.63) is 82.1 Å². The van der Waals surface area contributed by atoms with Crippen molar-refractivity contribution in [2.75, 3.05) is 17.6 Å². The Labute approximate surface area is 181 Å². The number of carbonyl (C=O) groups excluding carboxylic acids is 1. The Kier molecular flexibility index (Phi) is 6.64. The first-order valence-electron chi connectivity index (χ1n) is 9.37. The van der Waals surface area contributed by atoms with E-state index >= 15 is 4.39 Å². The Balaban J connectivity index is 2.11. The number of nitrogen functional groups attached to an aromatic ring is 1. The second-order valence-corrected chi connectivity index (χ2v) is 6.93. The molecule has 1 amide bonds. The highest BCUT2D eigenvalue weighted by Crippen LogP contribution is 2.31. The van der Waals surface area contributed by atoms with Crippen LogP contribution in [0.15, 0.2) is 36.5 Å². The zero-order valence-corrected chi connectivity index (χ0v) is 16.9. The quantitative estimate of drug-likeness (QED) is 0.394. The minimum Gasteiger partial charge on any atom is -0.381 e. The number of rotatable bonds is 6. The number of carbonyl (C=O) groups is 1. The molecule has 0 saturated heterocycles. The molecule has 0 aliphatic carbocycles. The van der Waals surface area contributed by atoms with Crippen LogP contribution in [0.3, 0.4) is 0 Å². The molecule has 0 aliphatic heterocycles. The summed E-state index contributed by atoms with van der Waals surface area (Å²) in [7, 11) is 0. The Hall–Kier alpha value is -4.06. The topological polar surface area (TPSA) is 80.0 Å². The summed E-state index contributed by atoms with van der Waals surface area (Å²) in [6.07, 6.45) is 5.96.